The predicted molar refractivity (Wildman–Crippen MR) is 87.5 cm³/mol. The van der Waals surface area contributed by atoms with Crippen LogP contribution in [0.2, 0.25) is 10.0 Å². The molecule has 1 heterocycles. The molecule has 1 aromatic rings. The van der Waals surface area contributed by atoms with Crippen molar-refractivity contribution >= 4 is 44.8 Å². The second kappa shape index (κ2) is 7.16. The van der Waals surface area contributed by atoms with E-state index in [-0.39, 0.29) is 0 Å². The largest absolute Gasteiger partial charge is 0.381 e. The average Bonchev–Trinajstić information content (AvgIpc) is 2.64. The molecule has 106 valence electrons. The number of likely N-dealkylation sites (tertiary alicyclic amines) is 1. The summed E-state index contributed by atoms with van der Waals surface area (Å²) in [6.45, 7) is 5.70. The molecule has 1 unspecified atom stereocenters. The maximum atomic E-state index is 6.28. The van der Waals surface area contributed by atoms with E-state index in [2.05, 4.69) is 33.1 Å². The monoisotopic (exact) mass is 364 g/mol. The van der Waals surface area contributed by atoms with Gasteiger partial charge < -0.3 is 10.2 Å². The number of anilines is 1. The summed E-state index contributed by atoms with van der Waals surface area (Å²) in [6.07, 6.45) is 3.56. The van der Waals surface area contributed by atoms with Gasteiger partial charge in [0.25, 0.3) is 0 Å². The van der Waals surface area contributed by atoms with Gasteiger partial charge in [0, 0.05) is 17.1 Å². The summed E-state index contributed by atoms with van der Waals surface area (Å²) >= 11 is 15.8. The summed E-state index contributed by atoms with van der Waals surface area (Å²) in [4.78, 5) is 2.50. The molecule has 1 atom stereocenters. The van der Waals surface area contributed by atoms with Crippen LogP contribution in [0.5, 0.6) is 0 Å². The van der Waals surface area contributed by atoms with Crippen molar-refractivity contribution in [3.8, 4) is 0 Å². The summed E-state index contributed by atoms with van der Waals surface area (Å²) in [7, 11) is 0. The van der Waals surface area contributed by atoms with E-state index in [9.17, 15) is 0 Å². The molecule has 2 nitrogen and oxygen atoms in total. The molecule has 0 aromatic heterocycles. The lowest BCUT2D eigenvalue weighted by atomic mass is 10.1. The fraction of sp³-hybridized carbons (Fsp3) is 0.571. The molecule has 1 saturated heterocycles. The standard InChI is InChI=1S/C14H19BrCl2N2/c1-2-19-8-3-4-10(7-9-19)18-12-6-5-11(15)13(16)14(12)17/h5-6,10,18H,2-4,7-9H2,1H3. The van der Waals surface area contributed by atoms with Crippen LogP contribution in [0.3, 0.4) is 0 Å². The molecule has 1 aliphatic rings. The first-order chi connectivity index (χ1) is 9.11. The second-order valence-electron chi connectivity index (χ2n) is 4.93. The number of hydrogen-bond acceptors (Lipinski definition) is 2. The second-order valence-corrected chi connectivity index (χ2v) is 6.54. The van der Waals surface area contributed by atoms with Crippen molar-refractivity contribution in [3.63, 3.8) is 0 Å². The molecular weight excluding hydrogens is 347 g/mol. The lowest BCUT2D eigenvalue weighted by Crippen LogP contribution is -2.26. The number of nitrogens with one attached hydrogen (secondary N) is 1. The number of halogens is 3. The van der Waals surface area contributed by atoms with E-state index in [1.54, 1.807) is 0 Å². The Hall–Kier alpha value is 0.0400. The molecule has 1 N–H and O–H groups in total. The van der Waals surface area contributed by atoms with Crippen molar-refractivity contribution in [1.82, 2.24) is 4.90 Å². The summed E-state index contributed by atoms with van der Waals surface area (Å²) < 4.78 is 0.836. The van der Waals surface area contributed by atoms with Gasteiger partial charge in [-0.25, -0.2) is 0 Å². The first-order valence-corrected chi connectivity index (χ1v) is 8.29. The summed E-state index contributed by atoms with van der Waals surface area (Å²) in [6, 6.07) is 4.40. The molecular formula is C14H19BrCl2N2. The number of nitrogens with zero attached hydrogens (tertiary/aromatic N) is 1. The van der Waals surface area contributed by atoms with Crippen LogP contribution in [-0.4, -0.2) is 30.6 Å². The van der Waals surface area contributed by atoms with Gasteiger partial charge in [-0.15, -0.1) is 0 Å². The van der Waals surface area contributed by atoms with Crippen molar-refractivity contribution in [2.24, 2.45) is 0 Å². The van der Waals surface area contributed by atoms with E-state index < -0.39 is 0 Å². The Bertz CT molecular complexity index is 440. The quantitative estimate of drug-likeness (QED) is 0.754. The highest BCUT2D eigenvalue weighted by atomic mass is 79.9. The van der Waals surface area contributed by atoms with Gasteiger partial charge in [0.15, 0.2) is 0 Å². The summed E-state index contributed by atoms with van der Waals surface area (Å²) in [5, 5.41) is 4.72. The Labute approximate surface area is 133 Å². The van der Waals surface area contributed by atoms with Crippen molar-refractivity contribution < 1.29 is 0 Å². The van der Waals surface area contributed by atoms with Crippen molar-refractivity contribution in [2.45, 2.75) is 32.2 Å². The van der Waals surface area contributed by atoms with Gasteiger partial charge in [0.1, 0.15) is 0 Å². The third-order valence-corrected chi connectivity index (χ3v) is 5.43. The maximum absolute atomic E-state index is 6.28. The molecule has 2 rings (SSSR count). The Morgan fingerprint density at radius 1 is 1.26 bits per heavy atom. The minimum Gasteiger partial charge on any atom is -0.381 e. The van der Waals surface area contributed by atoms with E-state index >= 15 is 0 Å². The zero-order valence-corrected chi connectivity index (χ0v) is 14.2. The molecule has 1 aliphatic heterocycles. The van der Waals surface area contributed by atoms with Crippen LogP contribution in [-0.2, 0) is 0 Å². The van der Waals surface area contributed by atoms with Crippen LogP contribution in [0.1, 0.15) is 26.2 Å². The van der Waals surface area contributed by atoms with E-state index in [0.29, 0.717) is 16.1 Å². The first kappa shape index (κ1) is 15.4. The van der Waals surface area contributed by atoms with Crippen LogP contribution in [0.25, 0.3) is 0 Å². The normalized spacial score (nSPS) is 21.2. The fourth-order valence-corrected chi connectivity index (χ4v) is 3.30. The van der Waals surface area contributed by atoms with Gasteiger partial charge in [-0.1, -0.05) is 30.1 Å². The summed E-state index contributed by atoms with van der Waals surface area (Å²) in [5.74, 6) is 0. The zero-order chi connectivity index (χ0) is 13.8. The topological polar surface area (TPSA) is 15.3 Å². The molecule has 0 bridgehead atoms. The predicted octanol–water partition coefficient (Wildman–Crippen LogP) is 5.04. The lowest BCUT2D eigenvalue weighted by molar-refractivity contribution is 0.300. The molecule has 0 aliphatic carbocycles. The minimum atomic E-state index is 0.478. The molecule has 0 amide bonds. The van der Waals surface area contributed by atoms with Crippen LogP contribution < -0.4 is 5.32 Å². The fourth-order valence-electron chi connectivity index (χ4n) is 2.47. The van der Waals surface area contributed by atoms with E-state index in [0.717, 1.165) is 29.7 Å². The highest BCUT2D eigenvalue weighted by Gasteiger charge is 2.17. The Kier molecular flexibility index (Phi) is 5.82. The van der Waals surface area contributed by atoms with E-state index in [1.807, 2.05) is 12.1 Å². The smallest absolute Gasteiger partial charge is 0.0835 e. The molecule has 19 heavy (non-hydrogen) atoms. The molecule has 1 fully saturated rings. The molecule has 5 heteroatoms. The van der Waals surface area contributed by atoms with Gasteiger partial charge in [-0.2, -0.15) is 0 Å². The molecule has 1 aromatic carbocycles. The van der Waals surface area contributed by atoms with Gasteiger partial charge >= 0.3 is 0 Å². The van der Waals surface area contributed by atoms with Crippen molar-refractivity contribution in [2.75, 3.05) is 25.0 Å². The van der Waals surface area contributed by atoms with Crippen LogP contribution in [0.15, 0.2) is 16.6 Å². The number of rotatable bonds is 3. The highest BCUT2D eigenvalue weighted by Crippen LogP contribution is 2.36. The number of hydrogen-bond donors (Lipinski definition) is 1. The van der Waals surface area contributed by atoms with Crippen LogP contribution >= 0.6 is 39.1 Å². The third kappa shape index (κ3) is 4.01. The maximum Gasteiger partial charge on any atom is 0.0835 e. The van der Waals surface area contributed by atoms with Crippen LogP contribution in [0, 0.1) is 0 Å². The van der Waals surface area contributed by atoms with Gasteiger partial charge in [-0.3, -0.25) is 0 Å². The van der Waals surface area contributed by atoms with Gasteiger partial charge in [0.05, 0.1) is 15.7 Å². The molecule has 0 radical (unpaired) electrons. The first-order valence-electron chi connectivity index (χ1n) is 6.74. The van der Waals surface area contributed by atoms with Crippen LogP contribution in [0.4, 0.5) is 5.69 Å². The van der Waals surface area contributed by atoms with E-state index in [4.69, 9.17) is 23.2 Å². The Morgan fingerprint density at radius 3 is 2.79 bits per heavy atom. The van der Waals surface area contributed by atoms with Gasteiger partial charge in [-0.05, 0) is 60.4 Å². The highest BCUT2D eigenvalue weighted by molar-refractivity contribution is 9.10. The SMILES string of the molecule is CCN1CCCC(Nc2ccc(Br)c(Cl)c2Cl)CC1. The zero-order valence-electron chi connectivity index (χ0n) is 11.1. The van der Waals surface area contributed by atoms with E-state index in [1.165, 1.54) is 19.4 Å². The lowest BCUT2D eigenvalue weighted by Gasteiger charge is -2.20. The summed E-state index contributed by atoms with van der Waals surface area (Å²) in [5.41, 5.74) is 0.935. The third-order valence-electron chi connectivity index (χ3n) is 3.66. The average molecular weight is 366 g/mol. The van der Waals surface area contributed by atoms with Crippen molar-refractivity contribution in [3.05, 3.63) is 26.7 Å². The Morgan fingerprint density at radius 2 is 2.05 bits per heavy atom. The minimum absolute atomic E-state index is 0.478. The van der Waals surface area contributed by atoms with Gasteiger partial charge in [0.2, 0.25) is 0 Å². The Balaban J connectivity index is 2.03. The molecule has 0 spiro atoms. The molecule has 0 saturated carbocycles. The van der Waals surface area contributed by atoms with Crippen molar-refractivity contribution in [1.29, 1.82) is 0 Å². The number of benzene rings is 1.